The first kappa shape index (κ1) is 18.4. The van der Waals surface area contributed by atoms with E-state index < -0.39 is 5.97 Å². The van der Waals surface area contributed by atoms with Gasteiger partial charge in [0.25, 0.3) is 5.91 Å². The summed E-state index contributed by atoms with van der Waals surface area (Å²) in [6, 6.07) is 17.8. The van der Waals surface area contributed by atoms with E-state index in [0.717, 1.165) is 0 Å². The van der Waals surface area contributed by atoms with Crippen LogP contribution in [0.1, 0.15) is 28.6 Å². The number of carbonyl (C=O) groups excluding carboxylic acids is 1. The number of amides is 1. The Bertz CT molecular complexity index is 1170. The molecule has 1 amide bonds. The summed E-state index contributed by atoms with van der Waals surface area (Å²) in [7, 11) is 0. The van der Waals surface area contributed by atoms with Crippen molar-refractivity contribution in [1.29, 1.82) is 0 Å². The Morgan fingerprint density at radius 1 is 1.03 bits per heavy atom. The number of aromatic carboxylic acids is 1. The molecule has 29 heavy (non-hydrogen) atoms. The lowest BCUT2D eigenvalue weighted by Gasteiger charge is -2.10. The molecule has 3 aromatic rings. The van der Waals surface area contributed by atoms with Crippen molar-refractivity contribution in [3.05, 3.63) is 83.1 Å². The van der Waals surface area contributed by atoms with E-state index in [4.69, 9.17) is 4.42 Å². The molecule has 0 saturated heterocycles. The molecule has 1 aliphatic rings. The van der Waals surface area contributed by atoms with E-state index in [9.17, 15) is 14.7 Å². The average molecular weight is 386 g/mol. The summed E-state index contributed by atoms with van der Waals surface area (Å²) >= 11 is 0. The van der Waals surface area contributed by atoms with Crippen LogP contribution < -0.4 is 5.01 Å². The molecule has 6 heteroatoms. The fourth-order valence-electron chi connectivity index (χ4n) is 3.28. The van der Waals surface area contributed by atoms with Gasteiger partial charge in [0.1, 0.15) is 11.5 Å². The number of carboxylic acids is 1. The molecule has 4 rings (SSSR count). The smallest absolute Gasteiger partial charge is 0.335 e. The third-order valence-electron chi connectivity index (χ3n) is 4.81. The predicted octanol–water partition coefficient (Wildman–Crippen LogP) is 4.76. The summed E-state index contributed by atoms with van der Waals surface area (Å²) in [5.41, 5.74) is 3.29. The molecule has 1 aliphatic heterocycles. The maximum Gasteiger partial charge on any atom is 0.335 e. The van der Waals surface area contributed by atoms with E-state index in [1.165, 1.54) is 5.01 Å². The molecule has 0 spiro atoms. The van der Waals surface area contributed by atoms with Crippen molar-refractivity contribution in [3.63, 3.8) is 0 Å². The normalized spacial score (nSPS) is 15.1. The first-order valence-corrected chi connectivity index (χ1v) is 9.05. The third-order valence-corrected chi connectivity index (χ3v) is 4.81. The highest BCUT2D eigenvalue weighted by Gasteiger charge is 2.29. The lowest BCUT2D eigenvalue weighted by Crippen LogP contribution is -2.21. The SMILES string of the molecule is CC1=NN(c2ccccc2)C(=O)/C1=C/c1ccc(-c2cccc(C(=O)O)c2C)o1. The molecular weight excluding hydrogens is 368 g/mol. The van der Waals surface area contributed by atoms with Crippen molar-refractivity contribution in [2.75, 3.05) is 5.01 Å². The highest BCUT2D eigenvalue weighted by Crippen LogP contribution is 2.30. The largest absolute Gasteiger partial charge is 0.478 e. The summed E-state index contributed by atoms with van der Waals surface area (Å²) in [6.07, 6.45) is 1.66. The third kappa shape index (κ3) is 3.36. The Kier molecular flexibility index (Phi) is 4.60. The average Bonchev–Trinajstić information content (AvgIpc) is 3.29. The van der Waals surface area contributed by atoms with Gasteiger partial charge in [-0.25, -0.2) is 4.79 Å². The number of benzene rings is 2. The number of rotatable bonds is 4. The Morgan fingerprint density at radius 3 is 2.52 bits per heavy atom. The van der Waals surface area contributed by atoms with Crippen LogP contribution in [-0.4, -0.2) is 22.7 Å². The minimum absolute atomic E-state index is 0.226. The molecular formula is C23H18N2O4. The van der Waals surface area contributed by atoms with E-state index in [1.807, 2.05) is 36.4 Å². The van der Waals surface area contributed by atoms with E-state index in [2.05, 4.69) is 5.10 Å². The molecule has 0 aliphatic carbocycles. The zero-order valence-electron chi connectivity index (χ0n) is 15.9. The molecule has 6 nitrogen and oxygen atoms in total. The molecule has 0 unspecified atom stereocenters. The Hall–Kier alpha value is -3.93. The number of carboxylic acid groups (broad SMARTS) is 1. The van der Waals surface area contributed by atoms with Gasteiger partial charge >= 0.3 is 5.97 Å². The number of nitrogens with zero attached hydrogens (tertiary/aromatic N) is 2. The summed E-state index contributed by atoms with van der Waals surface area (Å²) < 4.78 is 5.89. The van der Waals surface area contributed by atoms with Gasteiger partial charge in [-0.05, 0) is 55.8 Å². The van der Waals surface area contributed by atoms with Gasteiger partial charge in [-0.1, -0.05) is 30.3 Å². The number of furan rings is 1. The minimum Gasteiger partial charge on any atom is -0.478 e. The Morgan fingerprint density at radius 2 is 1.79 bits per heavy atom. The molecule has 0 bridgehead atoms. The topological polar surface area (TPSA) is 83.1 Å². The maximum atomic E-state index is 12.8. The quantitative estimate of drug-likeness (QED) is 0.656. The summed E-state index contributed by atoms with van der Waals surface area (Å²) in [4.78, 5) is 24.2. The second kappa shape index (κ2) is 7.24. The van der Waals surface area contributed by atoms with Crippen LogP contribution in [0.4, 0.5) is 5.69 Å². The fourth-order valence-corrected chi connectivity index (χ4v) is 3.28. The zero-order chi connectivity index (χ0) is 20.5. The zero-order valence-corrected chi connectivity index (χ0v) is 15.9. The monoisotopic (exact) mass is 386 g/mol. The summed E-state index contributed by atoms with van der Waals surface area (Å²) in [5, 5.41) is 15.0. The van der Waals surface area contributed by atoms with Gasteiger partial charge in [-0.3, -0.25) is 4.79 Å². The fraction of sp³-hybridized carbons (Fsp3) is 0.0870. The highest BCUT2D eigenvalue weighted by molar-refractivity contribution is 6.32. The molecule has 144 valence electrons. The molecule has 0 atom stereocenters. The van der Waals surface area contributed by atoms with Crippen LogP contribution in [0.5, 0.6) is 0 Å². The van der Waals surface area contributed by atoms with Crippen LogP contribution in [0.15, 0.2) is 75.8 Å². The van der Waals surface area contributed by atoms with Crippen molar-refractivity contribution in [3.8, 4) is 11.3 Å². The molecule has 1 N–H and O–H groups in total. The van der Waals surface area contributed by atoms with Crippen molar-refractivity contribution in [2.24, 2.45) is 5.10 Å². The number of carbonyl (C=O) groups is 2. The van der Waals surface area contributed by atoms with Gasteiger partial charge in [-0.2, -0.15) is 10.1 Å². The number of para-hydroxylation sites is 1. The highest BCUT2D eigenvalue weighted by atomic mass is 16.4. The molecule has 2 heterocycles. The molecule has 0 saturated carbocycles. The lowest BCUT2D eigenvalue weighted by molar-refractivity contribution is -0.114. The van der Waals surface area contributed by atoms with Gasteiger partial charge < -0.3 is 9.52 Å². The van der Waals surface area contributed by atoms with Crippen LogP contribution in [-0.2, 0) is 4.79 Å². The van der Waals surface area contributed by atoms with Crippen molar-refractivity contribution in [2.45, 2.75) is 13.8 Å². The van der Waals surface area contributed by atoms with Gasteiger partial charge in [0.05, 0.1) is 22.5 Å². The minimum atomic E-state index is -0.984. The summed E-state index contributed by atoms with van der Waals surface area (Å²) in [5.74, 6) is -0.177. The standard InChI is InChI=1S/C23H18N2O4/c1-14-18(9-6-10-19(14)23(27)28)21-12-11-17(29-21)13-20-15(2)24-25(22(20)26)16-7-4-3-5-8-16/h3-13H,1-2H3,(H,27,28)/b20-13+. The molecule has 0 radical (unpaired) electrons. The van der Waals surface area contributed by atoms with Crippen LogP contribution >= 0.6 is 0 Å². The second-order valence-corrected chi connectivity index (χ2v) is 6.68. The predicted molar refractivity (Wildman–Crippen MR) is 111 cm³/mol. The Balaban J connectivity index is 1.65. The number of hydrogen-bond acceptors (Lipinski definition) is 4. The molecule has 1 aromatic heterocycles. The van der Waals surface area contributed by atoms with Gasteiger partial charge in [0, 0.05) is 5.56 Å². The lowest BCUT2D eigenvalue weighted by atomic mass is 10.0. The van der Waals surface area contributed by atoms with Crippen LogP contribution in [0, 0.1) is 6.92 Å². The number of anilines is 1. The first-order chi connectivity index (χ1) is 14.0. The van der Waals surface area contributed by atoms with E-state index in [-0.39, 0.29) is 11.5 Å². The van der Waals surface area contributed by atoms with Crippen molar-refractivity contribution in [1.82, 2.24) is 0 Å². The van der Waals surface area contributed by atoms with Crippen LogP contribution in [0.25, 0.3) is 17.4 Å². The van der Waals surface area contributed by atoms with Gasteiger partial charge in [-0.15, -0.1) is 0 Å². The Labute approximate surface area is 167 Å². The number of hydrazone groups is 1. The molecule has 0 fully saturated rings. The maximum absolute atomic E-state index is 12.8. The number of hydrogen-bond donors (Lipinski definition) is 1. The second-order valence-electron chi connectivity index (χ2n) is 6.68. The van der Waals surface area contributed by atoms with Gasteiger partial charge in [0.2, 0.25) is 0 Å². The van der Waals surface area contributed by atoms with E-state index in [0.29, 0.717) is 39.6 Å². The van der Waals surface area contributed by atoms with Crippen molar-refractivity contribution >= 4 is 29.4 Å². The van der Waals surface area contributed by atoms with E-state index >= 15 is 0 Å². The van der Waals surface area contributed by atoms with E-state index in [1.54, 1.807) is 44.2 Å². The van der Waals surface area contributed by atoms with Crippen LogP contribution in [0.3, 0.4) is 0 Å². The first-order valence-electron chi connectivity index (χ1n) is 9.05. The molecule has 2 aromatic carbocycles. The van der Waals surface area contributed by atoms with Crippen LogP contribution in [0.2, 0.25) is 0 Å². The van der Waals surface area contributed by atoms with Crippen molar-refractivity contribution < 1.29 is 19.1 Å². The van der Waals surface area contributed by atoms with Gasteiger partial charge in [0.15, 0.2) is 0 Å². The summed E-state index contributed by atoms with van der Waals surface area (Å²) in [6.45, 7) is 3.52.